The molecule has 1 rings (SSSR count). The van der Waals surface area contributed by atoms with Gasteiger partial charge in [-0.15, -0.1) is 0 Å². The molecule has 0 aliphatic heterocycles. The van der Waals surface area contributed by atoms with Crippen molar-refractivity contribution in [3.63, 3.8) is 0 Å². The topological polar surface area (TPSA) is 26.3 Å². The van der Waals surface area contributed by atoms with Crippen molar-refractivity contribution in [1.29, 1.82) is 0 Å². The van der Waals surface area contributed by atoms with Gasteiger partial charge in [0, 0.05) is 0 Å². The van der Waals surface area contributed by atoms with E-state index in [9.17, 15) is 9.18 Å². The van der Waals surface area contributed by atoms with Crippen LogP contribution in [0.4, 0.5) is 4.39 Å². The molecule has 0 aromatic heterocycles. The number of esters is 1. The third-order valence-electron chi connectivity index (χ3n) is 1.19. The van der Waals surface area contributed by atoms with E-state index in [2.05, 4.69) is 17.4 Å². The molecule has 1 aromatic rings. The lowest BCUT2D eigenvalue weighted by Gasteiger charge is -2.01. The maximum absolute atomic E-state index is 12.8. The first kappa shape index (κ1) is 9.06. The molecule has 2 nitrogen and oxygen atoms in total. The molecule has 4 heteroatoms. The van der Waals surface area contributed by atoms with E-state index < -0.39 is 11.8 Å². The highest BCUT2D eigenvalue weighted by molar-refractivity contribution is 7.81. The summed E-state index contributed by atoms with van der Waals surface area (Å²) in [4.78, 5) is 10.7. The number of carbonyl (C=O) groups excluding carboxylic acids is 1. The van der Waals surface area contributed by atoms with Crippen LogP contribution in [-0.4, -0.2) is 11.7 Å². The Morgan fingerprint density at radius 2 is 2.17 bits per heavy atom. The van der Waals surface area contributed by atoms with E-state index in [0.29, 0.717) is 0 Å². The molecular weight excluding hydrogens is 179 g/mol. The van der Waals surface area contributed by atoms with Crippen LogP contribution in [0.2, 0.25) is 0 Å². The number of rotatable bonds is 2. The maximum atomic E-state index is 12.8. The molecule has 0 fully saturated rings. The summed E-state index contributed by atoms with van der Waals surface area (Å²) in [6, 6.07) is 5.72. The SMILES string of the molecule is O=C(CS)Oc1ccccc1F. The van der Waals surface area contributed by atoms with Gasteiger partial charge in [-0.25, -0.2) is 4.39 Å². The van der Waals surface area contributed by atoms with E-state index >= 15 is 0 Å². The van der Waals surface area contributed by atoms with Crippen LogP contribution in [0.5, 0.6) is 5.75 Å². The highest BCUT2D eigenvalue weighted by atomic mass is 32.1. The van der Waals surface area contributed by atoms with Gasteiger partial charge < -0.3 is 4.74 Å². The Hall–Kier alpha value is -1.03. The van der Waals surface area contributed by atoms with Crippen LogP contribution in [0.3, 0.4) is 0 Å². The minimum absolute atomic E-state index is 0.0587. The van der Waals surface area contributed by atoms with Gasteiger partial charge in [0.2, 0.25) is 0 Å². The molecule has 0 spiro atoms. The van der Waals surface area contributed by atoms with Gasteiger partial charge in [-0.1, -0.05) is 12.1 Å². The summed E-state index contributed by atoms with van der Waals surface area (Å²) < 4.78 is 17.4. The van der Waals surface area contributed by atoms with Crippen molar-refractivity contribution in [2.24, 2.45) is 0 Å². The predicted octanol–water partition coefficient (Wildman–Crippen LogP) is 1.66. The molecule has 0 amide bonds. The van der Waals surface area contributed by atoms with Crippen LogP contribution in [0, 0.1) is 5.82 Å². The minimum atomic E-state index is -0.566. The summed E-state index contributed by atoms with van der Waals surface area (Å²) in [7, 11) is 0. The highest BCUT2D eigenvalue weighted by Crippen LogP contribution is 2.15. The number of para-hydroxylation sites is 1. The van der Waals surface area contributed by atoms with Gasteiger partial charge in [-0.2, -0.15) is 12.6 Å². The number of carbonyl (C=O) groups is 1. The number of hydrogen-bond acceptors (Lipinski definition) is 3. The summed E-state index contributed by atoms with van der Waals surface area (Å²) in [5, 5.41) is 0. The first-order chi connectivity index (χ1) is 5.74. The Morgan fingerprint density at radius 3 is 2.75 bits per heavy atom. The molecule has 0 radical (unpaired) electrons. The number of hydrogen-bond donors (Lipinski definition) is 1. The molecule has 0 saturated heterocycles. The zero-order valence-corrected chi connectivity index (χ0v) is 7.05. The lowest BCUT2D eigenvalue weighted by atomic mass is 10.3. The van der Waals surface area contributed by atoms with Gasteiger partial charge in [0.15, 0.2) is 11.6 Å². The van der Waals surface area contributed by atoms with Crippen LogP contribution >= 0.6 is 12.6 Å². The molecule has 0 heterocycles. The average molecular weight is 186 g/mol. The first-order valence-electron chi connectivity index (χ1n) is 3.30. The monoisotopic (exact) mass is 186 g/mol. The normalized spacial score (nSPS) is 9.50. The molecule has 0 unspecified atom stereocenters. The lowest BCUT2D eigenvalue weighted by Crippen LogP contribution is -2.09. The lowest BCUT2D eigenvalue weighted by molar-refractivity contribution is -0.131. The van der Waals surface area contributed by atoms with Gasteiger partial charge in [0.25, 0.3) is 0 Å². The van der Waals surface area contributed by atoms with Gasteiger partial charge in [-0.3, -0.25) is 4.79 Å². The largest absolute Gasteiger partial charge is 0.423 e. The quantitative estimate of drug-likeness (QED) is 0.432. The predicted molar refractivity (Wildman–Crippen MR) is 45.9 cm³/mol. The second-order valence-corrected chi connectivity index (χ2v) is 2.38. The van der Waals surface area contributed by atoms with Crippen LogP contribution in [-0.2, 0) is 4.79 Å². The van der Waals surface area contributed by atoms with Crippen LogP contribution in [0.25, 0.3) is 0 Å². The second kappa shape index (κ2) is 4.11. The molecule has 64 valence electrons. The van der Waals surface area contributed by atoms with Crippen LogP contribution < -0.4 is 4.74 Å². The van der Waals surface area contributed by atoms with Gasteiger partial charge in [0.1, 0.15) is 0 Å². The summed E-state index contributed by atoms with van der Waals surface area (Å²) >= 11 is 3.68. The van der Waals surface area contributed by atoms with Crippen molar-refractivity contribution in [3.05, 3.63) is 30.1 Å². The van der Waals surface area contributed by atoms with Crippen molar-refractivity contribution in [3.8, 4) is 5.75 Å². The Labute approximate surface area is 74.8 Å². The van der Waals surface area contributed by atoms with Crippen molar-refractivity contribution in [1.82, 2.24) is 0 Å². The Balaban J connectivity index is 2.75. The second-order valence-electron chi connectivity index (χ2n) is 2.06. The third-order valence-corrected chi connectivity index (χ3v) is 1.45. The summed E-state index contributed by atoms with van der Waals surface area (Å²) in [6.07, 6.45) is 0. The third kappa shape index (κ3) is 2.23. The van der Waals surface area contributed by atoms with E-state index in [1.54, 1.807) is 6.07 Å². The zero-order chi connectivity index (χ0) is 8.97. The van der Waals surface area contributed by atoms with E-state index in [1.165, 1.54) is 18.2 Å². The van der Waals surface area contributed by atoms with E-state index in [-0.39, 0.29) is 11.5 Å². The fraction of sp³-hybridized carbons (Fsp3) is 0.125. The number of benzene rings is 1. The fourth-order valence-electron chi connectivity index (χ4n) is 0.682. The van der Waals surface area contributed by atoms with Crippen LogP contribution in [0.1, 0.15) is 0 Å². The number of halogens is 1. The van der Waals surface area contributed by atoms with Crippen molar-refractivity contribution >= 4 is 18.6 Å². The molecule has 0 N–H and O–H groups in total. The van der Waals surface area contributed by atoms with Gasteiger partial charge >= 0.3 is 5.97 Å². The summed E-state index contributed by atoms with van der Waals surface area (Å²) in [5.41, 5.74) is 0. The first-order valence-corrected chi connectivity index (χ1v) is 3.93. The Morgan fingerprint density at radius 1 is 1.50 bits per heavy atom. The molecule has 0 atom stereocenters. The van der Waals surface area contributed by atoms with Crippen LogP contribution in [0.15, 0.2) is 24.3 Å². The van der Waals surface area contributed by atoms with E-state index in [1.807, 2.05) is 0 Å². The average Bonchev–Trinajstić information content (AvgIpc) is 2.09. The van der Waals surface area contributed by atoms with Crippen molar-refractivity contribution in [2.45, 2.75) is 0 Å². The molecule has 0 bridgehead atoms. The van der Waals surface area contributed by atoms with Gasteiger partial charge in [0.05, 0.1) is 5.75 Å². The zero-order valence-electron chi connectivity index (χ0n) is 6.16. The molecular formula is C8H7FO2S. The smallest absolute Gasteiger partial charge is 0.321 e. The molecule has 0 aliphatic rings. The Kier molecular flexibility index (Phi) is 3.10. The fourth-order valence-corrected chi connectivity index (χ4v) is 0.747. The number of ether oxygens (including phenoxy) is 1. The van der Waals surface area contributed by atoms with Crippen molar-refractivity contribution in [2.75, 3.05) is 5.75 Å². The summed E-state index contributed by atoms with van der Waals surface area (Å²) in [6.45, 7) is 0. The molecule has 0 aliphatic carbocycles. The molecule has 0 saturated carbocycles. The minimum Gasteiger partial charge on any atom is -0.423 e. The highest BCUT2D eigenvalue weighted by Gasteiger charge is 2.05. The van der Waals surface area contributed by atoms with E-state index in [4.69, 9.17) is 0 Å². The Bertz CT molecular complexity index is 288. The summed E-state index contributed by atoms with van der Waals surface area (Å²) in [5.74, 6) is -1.23. The molecule has 1 aromatic carbocycles. The van der Waals surface area contributed by atoms with E-state index in [0.717, 1.165) is 0 Å². The standard InChI is InChI=1S/C8H7FO2S/c9-6-3-1-2-4-7(6)11-8(10)5-12/h1-4,12H,5H2. The van der Waals surface area contributed by atoms with Gasteiger partial charge in [-0.05, 0) is 12.1 Å². The van der Waals surface area contributed by atoms with Crippen molar-refractivity contribution < 1.29 is 13.9 Å². The molecule has 12 heavy (non-hydrogen) atoms. The number of thiol groups is 1. The maximum Gasteiger partial charge on any atom is 0.321 e.